The van der Waals surface area contributed by atoms with Gasteiger partial charge in [-0.25, -0.2) is 4.68 Å². The molecule has 3 aromatic rings. The lowest BCUT2D eigenvalue weighted by atomic mass is 10.1. The predicted octanol–water partition coefficient (Wildman–Crippen LogP) is 3.14. The van der Waals surface area contributed by atoms with Gasteiger partial charge in [0.05, 0.1) is 11.3 Å². The Bertz CT molecular complexity index is 754. The second-order valence-corrected chi connectivity index (χ2v) is 4.48. The van der Waals surface area contributed by atoms with Gasteiger partial charge >= 0.3 is 0 Å². The third kappa shape index (κ3) is 1.99. The second-order valence-electron chi connectivity index (χ2n) is 4.48. The van der Waals surface area contributed by atoms with Crippen molar-refractivity contribution < 1.29 is 0 Å². The van der Waals surface area contributed by atoms with Crippen LogP contribution in [0.2, 0.25) is 0 Å². The monoisotopic (exact) mass is 250 g/mol. The highest BCUT2D eigenvalue weighted by atomic mass is 16.1. The van der Waals surface area contributed by atoms with Gasteiger partial charge in [-0.15, -0.1) is 0 Å². The van der Waals surface area contributed by atoms with E-state index in [0.717, 1.165) is 16.8 Å². The van der Waals surface area contributed by atoms with Crippen LogP contribution in [0.15, 0.2) is 65.6 Å². The van der Waals surface area contributed by atoms with Gasteiger partial charge in [-0.3, -0.25) is 9.89 Å². The van der Waals surface area contributed by atoms with E-state index < -0.39 is 0 Å². The molecule has 3 heteroatoms. The summed E-state index contributed by atoms with van der Waals surface area (Å²) in [5.41, 5.74) is 3.53. The largest absolute Gasteiger partial charge is 0.298 e. The summed E-state index contributed by atoms with van der Waals surface area (Å²) in [7, 11) is 0. The fraction of sp³-hybridized carbons (Fsp3) is 0.0625. The van der Waals surface area contributed by atoms with Crippen molar-refractivity contribution in [3.63, 3.8) is 0 Å². The molecule has 0 aliphatic heterocycles. The minimum Gasteiger partial charge on any atom is -0.298 e. The van der Waals surface area contributed by atoms with Crippen LogP contribution in [0, 0.1) is 6.92 Å². The molecule has 0 bridgehead atoms. The van der Waals surface area contributed by atoms with Crippen molar-refractivity contribution in [1.29, 1.82) is 0 Å². The third-order valence-electron chi connectivity index (χ3n) is 3.21. The van der Waals surface area contributed by atoms with E-state index in [-0.39, 0.29) is 5.56 Å². The highest BCUT2D eigenvalue weighted by molar-refractivity contribution is 5.62. The lowest BCUT2D eigenvalue weighted by Crippen LogP contribution is -2.16. The molecule has 1 N–H and O–H groups in total. The lowest BCUT2D eigenvalue weighted by molar-refractivity contribution is 0.843. The van der Waals surface area contributed by atoms with Crippen LogP contribution >= 0.6 is 0 Å². The molecule has 0 saturated carbocycles. The molecule has 1 aromatic heterocycles. The van der Waals surface area contributed by atoms with Crippen LogP contribution in [0.4, 0.5) is 0 Å². The van der Waals surface area contributed by atoms with Gasteiger partial charge in [-0.1, -0.05) is 48.5 Å². The van der Waals surface area contributed by atoms with Crippen LogP contribution in [0.25, 0.3) is 16.8 Å². The molecule has 0 saturated heterocycles. The zero-order chi connectivity index (χ0) is 13.2. The Morgan fingerprint density at radius 2 is 1.63 bits per heavy atom. The van der Waals surface area contributed by atoms with Gasteiger partial charge in [0.1, 0.15) is 0 Å². The Hall–Kier alpha value is -2.55. The molecule has 0 aliphatic rings. The number of benzene rings is 2. The molecule has 0 radical (unpaired) electrons. The fourth-order valence-electron chi connectivity index (χ4n) is 2.19. The van der Waals surface area contributed by atoms with Crippen LogP contribution in [0.5, 0.6) is 0 Å². The molecule has 0 unspecified atom stereocenters. The number of nitrogens with zero attached hydrogens (tertiary/aromatic N) is 1. The van der Waals surface area contributed by atoms with E-state index in [4.69, 9.17) is 0 Å². The third-order valence-corrected chi connectivity index (χ3v) is 3.21. The van der Waals surface area contributed by atoms with E-state index in [1.165, 1.54) is 0 Å². The molecule has 0 spiro atoms. The van der Waals surface area contributed by atoms with Gasteiger partial charge in [0.15, 0.2) is 0 Å². The Morgan fingerprint density at radius 3 is 2.37 bits per heavy atom. The van der Waals surface area contributed by atoms with Crippen LogP contribution in [0.1, 0.15) is 5.56 Å². The van der Waals surface area contributed by atoms with Crippen molar-refractivity contribution in [2.75, 3.05) is 0 Å². The number of nitrogens with one attached hydrogen (secondary N) is 1. The van der Waals surface area contributed by atoms with E-state index >= 15 is 0 Å². The van der Waals surface area contributed by atoms with Crippen LogP contribution in [0.3, 0.4) is 0 Å². The first kappa shape index (κ1) is 11.5. The first-order valence-electron chi connectivity index (χ1n) is 6.19. The first-order chi connectivity index (χ1) is 9.27. The summed E-state index contributed by atoms with van der Waals surface area (Å²) in [6.45, 7) is 1.99. The molecule has 0 aliphatic carbocycles. The number of aryl methyl sites for hydroxylation is 1. The smallest absolute Gasteiger partial charge is 0.279 e. The van der Waals surface area contributed by atoms with Gasteiger partial charge in [0, 0.05) is 6.20 Å². The summed E-state index contributed by atoms with van der Waals surface area (Å²) < 4.78 is 1.58. The molecular formula is C16H14N2O. The van der Waals surface area contributed by atoms with E-state index in [2.05, 4.69) is 5.10 Å². The molecule has 94 valence electrons. The maximum absolute atomic E-state index is 12.5. The summed E-state index contributed by atoms with van der Waals surface area (Å²) in [6.07, 6.45) is 1.75. The Balaban J connectivity index is 2.15. The molecule has 0 amide bonds. The predicted molar refractivity (Wildman–Crippen MR) is 76.6 cm³/mol. The number of hydrogen-bond donors (Lipinski definition) is 1. The molecule has 19 heavy (non-hydrogen) atoms. The van der Waals surface area contributed by atoms with Crippen LogP contribution in [-0.2, 0) is 0 Å². The minimum atomic E-state index is -0.0273. The topological polar surface area (TPSA) is 37.8 Å². The van der Waals surface area contributed by atoms with E-state index in [9.17, 15) is 4.79 Å². The Labute approximate surface area is 111 Å². The van der Waals surface area contributed by atoms with Crippen molar-refractivity contribution in [2.45, 2.75) is 6.92 Å². The van der Waals surface area contributed by atoms with E-state index in [1.807, 2.05) is 61.5 Å². The van der Waals surface area contributed by atoms with Crippen molar-refractivity contribution in [1.82, 2.24) is 9.78 Å². The number of hydrogen-bond acceptors (Lipinski definition) is 1. The Morgan fingerprint density at radius 1 is 0.947 bits per heavy atom. The summed E-state index contributed by atoms with van der Waals surface area (Å²) >= 11 is 0. The van der Waals surface area contributed by atoms with Crippen molar-refractivity contribution in [3.8, 4) is 16.8 Å². The summed E-state index contributed by atoms with van der Waals surface area (Å²) in [4.78, 5) is 12.5. The summed E-state index contributed by atoms with van der Waals surface area (Å²) in [6, 6.07) is 17.5. The number of rotatable bonds is 2. The van der Waals surface area contributed by atoms with Gasteiger partial charge in [-0.2, -0.15) is 0 Å². The maximum Gasteiger partial charge on any atom is 0.279 e. The highest BCUT2D eigenvalue weighted by Gasteiger charge is 2.10. The van der Waals surface area contributed by atoms with Gasteiger partial charge < -0.3 is 0 Å². The average molecular weight is 250 g/mol. The van der Waals surface area contributed by atoms with E-state index in [1.54, 1.807) is 10.9 Å². The highest BCUT2D eigenvalue weighted by Crippen LogP contribution is 2.16. The average Bonchev–Trinajstić information content (AvgIpc) is 2.82. The number of aromatic nitrogens is 2. The number of aromatic amines is 1. The van der Waals surface area contributed by atoms with Crippen LogP contribution < -0.4 is 5.56 Å². The zero-order valence-electron chi connectivity index (χ0n) is 10.6. The second kappa shape index (κ2) is 4.61. The molecule has 3 nitrogen and oxygen atoms in total. The molecule has 0 atom stereocenters. The van der Waals surface area contributed by atoms with E-state index in [0.29, 0.717) is 5.56 Å². The Kier molecular flexibility index (Phi) is 2.80. The zero-order valence-corrected chi connectivity index (χ0v) is 10.6. The maximum atomic E-state index is 12.5. The van der Waals surface area contributed by atoms with Crippen molar-refractivity contribution in [3.05, 3.63) is 76.7 Å². The molecule has 0 fully saturated rings. The van der Waals surface area contributed by atoms with Gasteiger partial charge in [0.25, 0.3) is 5.56 Å². The minimum absolute atomic E-state index is 0.0273. The van der Waals surface area contributed by atoms with Gasteiger partial charge in [-0.05, 0) is 24.1 Å². The molecular weight excluding hydrogens is 236 g/mol. The number of para-hydroxylation sites is 1. The normalized spacial score (nSPS) is 10.6. The SMILES string of the molecule is Cc1ccccc1-n1[nH]cc(-c2ccccc2)c1=O. The standard InChI is InChI=1S/C16H14N2O/c1-12-7-5-6-10-15(12)18-16(19)14(11-17-18)13-8-3-2-4-9-13/h2-11,17H,1H3. The molecule has 3 rings (SSSR count). The van der Waals surface area contributed by atoms with Crippen molar-refractivity contribution in [2.24, 2.45) is 0 Å². The first-order valence-corrected chi connectivity index (χ1v) is 6.19. The summed E-state index contributed by atoms with van der Waals surface area (Å²) in [5.74, 6) is 0. The molecule has 1 heterocycles. The quantitative estimate of drug-likeness (QED) is 0.745. The van der Waals surface area contributed by atoms with Crippen molar-refractivity contribution >= 4 is 0 Å². The number of H-pyrrole nitrogens is 1. The van der Waals surface area contributed by atoms with Crippen LogP contribution in [-0.4, -0.2) is 9.78 Å². The van der Waals surface area contributed by atoms with Gasteiger partial charge in [0.2, 0.25) is 0 Å². The lowest BCUT2D eigenvalue weighted by Gasteiger charge is -2.04. The fourth-order valence-corrected chi connectivity index (χ4v) is 2.19. The summed E-state index contributed by atoms with van der Waals surface area (Å²) in [5, 5.41) is 3.03. The molecule has 2 aromatic carbocycles.